The van der Waals surface area contributed by atoms with E-state index in [2.05, 4.69) is 28.5 Å². The van der Waals surface area contributed by atoms with E-state index < -0.39 is 0 Å². The molecule has 0 fully saturated rings. The van der Waals surface area contributed by atoms with E-state index in [0.717, 1.165) is 17.5 Å². The Hall–Kier alpha value is -3.91. The molecule has 0 aliphatic carbocycles. The highest BCUT2D eigenvalue weighted by Crippen LogP contribution is 2.38. The Balaban J connectivity index is 1.31. The van der Waals surface area contributed by atoms with Gasteiger partial charge in [0.2, 0.25) is 5.91 Å². The fraction of sp³-hybridized carbons (Fsp3) is 0.276. The van der Waals surface area contributed by atoms with E-state index in [-0.39, 0.29) is 30.4 Å². The van der Waals surface area contributed by atoms with Crippen molar-refractivity contribution >= 4 is 23.2 Å². The maximum Gasteiger partial charge on any atom is 0.271 e. The minimum Gasteiger partial charge on any atom is -0.486 e. The molecule has 1 N–H and O–H groups in total. The van der Waals surface area contributed by atoms with Gasteiger partial charge in [0.15, 0.2) is 0 Å². The van der Waals surface area contributed by atoms with Crippen molar-refractivity contribution in [3.8, 4) is 5.75 Å². The van der Waals surface area contributed by atoms with Gasteiger partial charge in [-0.2, -0.15) is 0 Å². The number of thiazole rings is 1. The summed E-state index contributed by atoms with van der Waals surface area (Å²) in [6.45, 7) is 5.13. The first-order valence-electron chi connectivity index (χ1n) is 12.4. The molecule has 0 spiro atoms. The highest BCUT2D eigenvalue weighted by molar-refractivity contribution is 7.09. The molecular formula is C29H29N3O4S. The number of fused-ring (bicyclic) bond motifs is 1. The van der Waals surface area contributed by atoms with Crippen LogP contribution in [0.1, 0.15) is 57.8 Å². The number of amides is 2. The van der Waals surface area contributed by atoms with Crippen molar-refractivity contribution in [1.29, 1.82) is 0 Å². The molecule has 7 nitrogen and oxygen atoms in total. The molecule has 1 aliphatic heterocycles. The third-order valence-electron chi connectivity index (χ3n) is 6.39. The molecule has 0 saturated heterocycles. The summed E-state index contributed by atoms with van der Waals surface area (Å²) < 4.78 is 11.3. The second-order valence-corrected chi connectivity index (χ2v) is 10.2. The van der Waals surface area contributed by atoms with Crippen molar-refractivity contribution in [3.63, 3.8) is 0 Å². The standard InChI is InChI=1S/C29H29N3O4S/c1-19(2)29(34)32-13-12-20-10-11-22(15-24(20)27(32)21-7-4-3-5-8-21)36-17-26-31-25(18-37-26)28(33)30-16-23-9-6-14-35-23/h3-11,14-15,18-19,27H,12-13,16-17H2,1-2H3,(H,30,33)/t27-/m0/s1. The molecule has 1 atom stereocenters. The summed E-state index contributed by atoms with van der Waals surface area (Å²) in [5, 5.41) is 5.23. The highest BCUT2D eigenvalue weighted by Gasteiger charge is 2.33. The van der Waals surface area contributed by atoms with Gasteiger partial charge < -0.3 is 19.4 Å². The first-order valence-corrected chi connectivity index (χ1v) is 13.2. The van der Waals surface area contributed by atoms with E-state index in [1.165, 1.54) is 16.9 Å². The molecule has 3 heterocycles. The van der Waals surface area contributed by atoms with E-state index >= 15 is 0 Å². The van der Waals surface area contributed by atoms with Crippen LogP contribution >= 0.6 is 11.3 Å². The van der Waals surface area contributed by atoms with Gasteiger partial charge in [0.05, 0.1) is 18.8 Å². The second kappa shape index (κ2) is 11.0. The maximum absolute atomic E-state index is 13.1. The van der Waals surface area contributed by atoms with Crippen LogP contribution in [-0.4, -0.2) is 28.2 Å². The molecule has 2 amide bonds. The van der Waals surface area contributed by atoms with E-state index in [9.17, 15) is 9.59 Å². The lowest BCUT2D eigenvalue weighted by atomic mass is 9.87. The number of carbonyl (C=O) groups excluding carboxylic acids is 2. The Bertz CT molecular complexity index is 1370. The molecular weight excluding hydrogens is 486 g/mol. The van der Waals surface area contributed by atoms with Crippen molar-refractivity contribution in [2.45, 2.75) is 39.5 Å². The number of nitrogens with one attached hydrogen (secondary N) is 1. The monoisotopic (exact) mass is 515 g/mol. The predicted octanol–water partition coefficient (Wildman–Crippen LogP) is 5.38. The quantitative estimate of drug-likeness (QED) is 0.341. The summed E-state index contributed by atoms with van der Waals surface area (Å²) in [6, 6.07) is 19.7. The summed E-state index contributed by atoms with van der Waals surface area (Å²) in [5.74, 6) is 1.20. The van der Waals surface area contributed by atoms with Crippen LogP contribution in [0, 0.1) is 5.92 Å². The number of ether oxygens (including phenoxy) is 1. The van der Waals surface area contributed by atoms with Gasteiger partial charge in [-0.1, -0.05) is 50.2 Å². The molecule has 0 unspecified atom stereocenters. The molecule has 1 aliphatic rings. The average molecular weight is 516 g/mol. The Kier molecular flexibility index (Phi) is 7.37. The largest absolute Gasteiger partial charge is 0.486 e. The molecule has 8 heteroatoms. The van der Waals surface area contributed by atoms with Gasteiger partial charge in [-0.05, 0) is 47.4 Å². The predicted molar refractivity (Wildman–Crippen MR) is 141 cm³/mol. The van der Waals surface area contributed by atoms with Crippen LogP contribution in [0.15, 0.2) is 76.7 Å². The lowest BCUT2D eigenvalue weighted by Gasteiger charge is -2.39. The fourth-order valence-corrected chi connectivity index (χ4v) is 5.23. The van der Waals surface area contributed by atoms with Crippen LogP contribution in [0.4, 0.5) is 0 Å². The number of nitrogens with zero attached hydrogens (tertiary/aromatic N) is 2. The van der Waals surface area contributed by atoms with Crippen LogP contribution in [0.5, 0.6) is 5.75 Å². The number of hydrogen-bond donors (Lipinski definition) is 1. The van der Waals surface area contributed by atoms with E-state index in [4.69, 9.17) is 9.15 Å². The summed E-state index contributed by atoms with van der Waals surface area (Å²) in [5.41, 5.74) is 3.74. The van der Waals surface area contributed by atoms with E-state index in [0.29, 0.717) is 35.3 Å². The smallest absolute Gasteiger partial charge is 0.271 e. The van der Waals surface area contributed by atoms with Crippen LogP contribution in [0.3, 0.4) is 0 Å². The average Bonchev–Trinajstić information content (AvgIpc) is 3.62. The molecule has 37 heavy (non-hydrogen) atoms. The Morgan fingerprint density at radius 2 is 2.00 bits per heavy atom. The topological polar surface area (TPSA) is 84.7 Å². The number of furan rings is 1. The number of rotatable bonds is 8. The molecule has 190 valence electrons. The molecule has 2 aromatic carbocycles. The van der Waals surface area contributed by atoms with Gasteiger partial charge in [-0.25, -0.2) is 4.98 Å². The van der Waals surface area contributed by atoms with Crippen LogP contribution in [0.2, 0.25) is 0 Å². The highest BCUT2D eigenvalue weighted by atomic mass is 32.1. The van der Waals surface area contributed by atoms with Crippen LogP contribution in [0.25, 0.3) is 0 Å². The summed E-state index contributed by atoms with van der Waals surface area (Å²) >= 11 is 1.38. The summed E-state index contributed by atoms with van der Waals surface area (Å²) in [6.07, 6.45) is 2.38. The fourth-order valence-electron chi connectivity index (χ4n) is 4.54. The van der Waals surface area contributed by atoms with Crippen molar-refractivity contribution in [3.05, 3.63) is 105 Å². The number of benzene rings is 2. The van der Waals surface area contributed by atoms with Gasteiger partial charge in [0.25, 0.3) is 5.91 Å². The Morgan fingerprint density at radius 3 is 2.76 bits per heavy atom. The Labute approximate surface area is 220 Å². The zero-order chi connectivity index (χ0) is 25.8. The van der Waals surface area contributed by atoms with Crippen molar-refractivity contribution in [1.82, 2.24) is 15.2 Å². The molecule has 0 bridgehead atoms. The zero-order valence-electron chi connectivity index (χ0n) is 20.8. The van der Waals surface area contributed by atoms with E-state index in [1.807, 2.05) is 49.1 Å². The summed E-state index contributed by atoms with van der Waals surface area (Å²) in [7, 11) is 0. The molecule has 5 rings (SSSR count). The minimum absolute atomic E-state index is 0.0809. The third-order valence-corrected chi connectivity index (χ3v) is 7.21. The SMILES string of the molecule is CC(C)C(=O)N1CCc2ccc(OCc3nc(C(=O)NCc4ccco4)cs3)cc2[C@@H]1c1ccccc1. The Morgan fingerprint density at radius 1 is 1.16 bits per heavy atom. The number of hydrogen-bond acceptors (Lipinski definition) is 6. The molecule has 4 aromatic rings. The molecule has 2 aromatic heterocycles. The van der Waals surface area contributed by atoms with Crippen LogP contribution < -0.4 is 10.1 Å². The van der Waals surface area contributed by atoms with E-state index in [1.54, 1.807) is 23.8 Å². The van der Waals surface area contributed by atoms with Gasteiger partial charge in [0.1, 0.15) is 28.8 Å². The minimum atomic E-state index is -0.256. The summed E-state index contributed by atoms with van der Waals surface area (Å²) in [4.78, 5) is 31.9. The van der Waals surface area contributed by atoms with Gasteiger partial charge in [-0.15, -0.1) is 11.3 Å². The third kappa shape index (κ3) is 5.59. The second-order valence-electron chi connectivity index (χ2n) is 9.29. The van der Waals surface area contributed by atoms with Crippen molar-refractivity contribution in [2.24, 2.45) is 5.92 Å². The normalized spacial score (nSPS) is 14.9. The zero-order valence-corrected chi connectivity index (χ0v) is 21.7. The van der Waals surface area contributed by atoms with Gasteiger partial charge >= 0.3 is 0 Å². The van der Waals surface area contributed by atoms with Crippen LogP contribution in [-0.2, 0) is 24.4 Å². The van der Waals surface area contributed by atoms with Crippen molar-refractivity contribution in [2.75, 3.05) is 6.54 Å². The van der Waals surface area contributed by atoms with Crippen molar-refractivity contribution < 1.29 is 18.7 Å². The number of carbonyl (C=O) groups is 2. The first-order chi connectivity index (χ1) is 18.0. The first kappa shape index (κ1) is 24.8. The van der Waals surface area contributed by atoms with Gasteiger partial charge in [-0.3, -0.25) is 9.59 Å². The number of aromatic nitrogens is 1. The molecule has 0 radical (unpaired) electrons. The lowest BCUT2D eigenvalue weighted by molar-refractivity contribution is -0.136. The lowest BCUT2D eigenvalue weighted by Crippen LogP contribution is -2.42. The maximum atomic E-state index is 13.1. The molecule has 0 saturated carbocycles. The van der Waals surface area contributed by atoms with Gasteiger partial charge in [0, 0.05) is 17.8 Å².